The second kappa shape index (κ2) is 8.58. The highest BCUT2D eigenvalue weighted by atomic mass is 32.1. The molecule has 0 aliphatic carbocycles. The van der Waals surface area contributed by atoms with E-state index in [4.69, 9.17) is 5.73 Å². The van der Waals surface area contributed by atoms with Crippen molar-refractivity contribution in [1.29, 1.82) is 0 Å². The Kier molecular flexibility index (Phi) is 7.03. The zero-order valence-electron chi connectivity index (χ0n) is 10.1. The van der Waals surface area contributed by atoms with Crippen LogP contribution in [0.1, 0.15) is 14.5 Å². The van der Waals surface area contributed by atoms with Gasteiger partial charge in [-0.2, -0.15) is 0 Å². The molecule has 0 unspecified atom stereocenters. The van der Waals surface area contributed by atoms with Crippen LogP contribution in [0.2, 0.25) is 0 Å². The monoisotopic (exact) mass is 288 g/mol. The van der Waals surface area contributed by atoms with Gasteiger partial charge in [0.1, 0.15) is 6.61 Å². The van der Waals surface area contributed by atoms with Crippen LogP contribution < -0.4 is 11.1 Å². The average Bonchev–Trinajstić information content (AvgIpc) is 2.84. The molecule has 1 aromatic rings. The molecule has 0 aromatic carbocycles. The van der Waals surface area contributed by atoms with Crippen LogP contribution in [0.25, 0.3) is 0 Å². The maximum Gasteiger partial charge on any atom is 0.261 e. The quantitative estimate of drug-likeness (QED) is 0.608. The Morgan fingerprint density at radius 1 is 1.53 bits per heavy atom. The smallest absolute Gasteiger partial charge is 0.261 e. The number of alkyl halides is 2. The van der Waals surface area contributed by atoms with Crippen molar-refractivity contribution in [2.24, 2.45) is 5.73 Å². The molecule has 0 saturated carbocycles. The summed E-state index contributed by atoms with van der Waals surface area (Å²) in [6.45, 7) is -0.108. The van der Waals surface area contributed by atoms with Crippen LogP contribution in [0.15, 0.2) is 12.1 Å². The fourth-order valence-corrected chi connectivity index (χ4v) is 1.96. The number of ether oxygens (including phenoxy) is 1. The zero-order valence-corrected chi connectivity index (χ0v) is 10.9. The maximum atomic E-state index is 11.8. The Labute approximate surface area is 113 Å². The molecule has 0 aliphatic rings. The number of carbonyl (C=O) groups excluding carboxylic acids is 1. The summed E-state index contributed by atoms with van der Waals surface area (Å²) < 4.78 is 28.2. The van der Waals surface area contributed by atoms with Crippen LogP contribution in [0.3, 0.4) is 0 Å². The lowest BCUT2D eigenvalue weighted by atomic mass is 10.4. The third kappa shape index (κ3) is 6.29. The normalized spacial score (nSPS) is 10.1. The van der Waals surface area contributed by atoms with Gasteiger partial charge in [-0.25, -0.2) is 8.78 Å². The van der Waals surface area contributed by atoms with Gasteiger partial charge < -0.3 is 15.8 Å². The summed E-state index contributed by atoms with van der Waals surface area (Å²) in [5.41, 5.74) is 5.24. The van der Waals surface area contributed by atoms with E-state index in [1.165, 1.54) is 11.3 Å². The second-order valence-electron chi connectivity index (χ2n) is 3.39. The summed E-state index contributed by atoms with van der Waals surface area (Å²) in [5, 5.41) is 2.57. The molecule has 0 fully saturated rings. The summed E-state index contributed by atoms with van der Waals surface area (Å²) in [6, 6.07) is 3.39. The highest BCUT2D eigenvalue weighted by Crippen LogP contribution is 2.14. The van der Waals surface area contributed by atoms with E-state index in [0.717, 1.165) is 4.88 Å². The highest BCUT2D eigenvalue weighted by molar-refractivity contribution is 7.14. The Bertz CT molecular complexity index is 466. The second-order valence-corrected chi connectivity index (χ2v) is 4.48. The van der Waals surface area contributed by atoms with Gasteiger partial charge in [-0.15, -0.1) is 11.3 Å². The van der Waals surface area contributed by atoms with E-state index in [0.29, 0.717) is 4.88 Å². The average molecular weight is 288 g/mol. The molecule has 0 bridgehead atoms. The third-order valence-corrected chi connectivity index (χ3v) is 2.92. The van der Waals surface area contributed by atoms with Crippen molar-refractivity contribution < 1.29 is 18.3 Å². The van der Waals surface area contributed by atoms with Gasteiger partial charge in [-0.1, -0.05) is 11.8 Å². The zero-order chi connectivity index (χ0) is 14.1. The minimum absolute atomic E-state index is 0.0568. The van der Waals surface area contributed by atoms with Crippen LogP contribution >= 0.6 is 11.3 Å². The largest absolute Gasteiger partial charge is 0.374 e. The van der Waals surface area contributed by atoms with E-state index in [9.17, 15) is 13.6 Å². The Morgan fingerprint density at radius 3 is 3.00 bits per heavy atom. The number of nitrogens with two attached hydrogens (primary N) is 1. The molecule has 3 N–H and O–H groups in total. The van der Waals surface area contributed by atoms with Crippen LogP contribution in [-0.4, -0.2) is 38.6 Å². The first-order valence-electron chi connectivity index (χ1n) is 5.56. The molecule has 0 radical (unpaired) electrons. The molecule has 1 rings (SSSR count). The molecule has 0 atom stereocenters. The van der Waals surface area contributed by atoms with Gasteiger partial charge in [0, 0.05) is 6.54 Å². The molecule has 104 valence electrons. The lowest BCUT2D eigenvalue weighted by Crippen LogP contribution is -2.27. The van der Waals surface area contributed by atoms with E-state index in [2.05, 4.69) is 21.9 Å². The predicted molar refractivity (Wildman–Crippen MR) is 69.4 cm³/mol. The maximum absolute atomic E-state index is 11.8. The number of hydrogen-bond acceptors (Lipinski definition) is 4. The summed E-state index contributed by atoms with van der Waals surface area (Å²) in [6.07, 6.45) is -2.49. The van der Waals surface area contributed by atoms with Crippen LogP contribution in [-0.2, 0) is 4.74 Å². The number of hydrogen-bond donors (Lipinski definition) is 2. The standard InChI is InChI=1S/C12H14F2N2O2S/c13-11(14)8-18-7-6-16-12(17)10-4-3-9(19-10)2-1-5-15/h3-4,11H,5-8,15H2,(H,16,17). The number of nitrogens with one attached hydrogen (secondary N) is 1. The summed E-state index contributed by atoms with van der Waals surface area (Å²) >= 11 is 1.25. The summed E-state index contributed by atoms with van der Waals surface area (Å²) in [7, 11) is 0. The van der Waals surface area contributed by atoms with Crippen LogP contribution in [0, 0.1) is 11.8 Å². The van der Waals surface area contributed by atoms with Gasteiger partial charge in [0.15, 0.2) is 0 Å². The number of rotatable bonds is 6. The summed E-state index contributed by atoms with van der Waals surface area (Å²) in [5.74, 6) is 5.24. The fourth-order valence-electron chi connectivity index (χ4n) is 1.16. The topological polar surface area (TPSA) is 64.4 Å². The molecule has 1 amide bonds. The Morgan fingerprint density at radius 2 is 2.32 bits per heavy atom. The fraction of sp³-hybridized carbons (Fsp3) is 0.417. The van der Waals surface area contributed by atoms with Crippen molar-refractivity contribution in [3.63, 3.8) is 0 Å². The van der Waals surface area contributed by atoms with Crippen molar-refractivity contribution in [3.05, 3.63) is 21.9 Å². The Balaban J connectivity index is 2.31. The van der Waals surface area contributed by atoms with Crippen molar-refractivity contribution in [2.75, 3.05) is 26.3 Å². The molecule has 19 heavy (non-hydrogen) atoms. The minimum Gasteiger partial charge on any atom is -0.374 e. The van der Waals surface area contributed by atoms with E-state index in [1.54, 1.807) is 12.1 Å². The highest BCUT2D eigenvalue weighted by Gasteiger charge is 2.08. The van der Waals surface area contributed by atoms with E-state index in [-0.39, 0.29) is 25.6 Å². The molecule has 1 heterocycles. The van der Waals surface area contributed by atoms with E-state index >= 15 is 0 Å². The van der Waals surface area contributed by atoms with Gasteiger partial charge in [-0.05, 0) is 12.1 Å². The third-order valence-electron chi connectivity index (χ3n) is 1.92. The van der Waals surface area contributed by atoms with E-state index in [1.807, 2.05) is 0 Å². The van der Waals surface area contributed by atoms with Crippen molar-refractivity contribution in [1.82, 2.24) is 5.32 Å². The number of thiophene rings is 1. The van der Waals surface area contributed by atoms with Crippen molar-refractivity contribution >= 4 is 17.2 Å². The first-order chi connectivity index (χ1) is 9.13. The molecule has 0 saturated heterocycles. The first kappa shape index (κ1) is 15.6. The number of carbonyl (C=O) groups is 1. The molecular weight excluding hydrogens is 274 g/mol. The predicted octanol–water partition coefficient (Wildman–Crippen LogP) is 1.07. The molecule has 0 spiro atoms. The van der Waals surface area contributed by atoms with Gasteiger partial charge in [0.05, 0.1) is 22.9 Å². The molecule has 7 heteroatoms. The molecule has 4 nitrogen and oxygen atoms in total. The van der Waals surface area contributed by atoms with Gasteiger partial charge in [0.25, 0.3) is 12.3 Å². The van der Waals surface area contributed by atoms with Gasteiger partial charge >= 0.3 is 0 Å². The van der Waals surface area contributed by atoms with Crippen molar-refractivity contribution in [2.45, 2.75) is 6.43 Å². The summed E-state index contributed by atoms with van der Waals surface area (Å²) in [4.78, 5) is 12.9. The lowest BCUT2D eigenvalue weighted by molar-refractivity contribution is 0.0188. The number of amides is 1. The van der Waals surface area contributed by atoms with Gasteiger partial charge in [0.2, 0.25) is 0 Å². The number of halogens is 2. The lowest BCUT2D eigenvalue weighted by Gasteiger charge is -2.04. The van der Waals surface area contributed by atoms with Crippen LogP contribution in [0.5, 0.6) is 0 Å². The van der Waals surface area contributed by atoms with Crippen molar-refractivity contribution in [3.8, 4) is 11.8 Å². The van der Waals surface area contributed by atoms with Crippen LogP contribution in [0.4, 0.5) is 8.78 Å². The molecular formula is C12H14F2N2O2S. The van der Waals surface area contributed by atoms with Gasteiger partial charge in [-0.3, -0.25) is 4.79 Å². The Hall–Kier alpha value is -1.49. The van der Waals surface area contributed by atoms with E-state index < -0.39 is 13.0 Å². The SMILES string of the molecule is NCC#Cc1ccc(C(=O)NCCOCC(F)F)s1. The first-order valence-corrected chi connectivity index (χ1v) is 6.38. The minimum atomic E-state index is -2.49. The molecule has 0 aliphatic heterocycles. The molecule has 1 aromatic heterocycles.